The fourth-order valence-electron chi connectivity index (χ4n) is 1.68. The fraction of sp³-hybridized carbons (Fsp3) is 0.250. The molecule has 0 aliphatic rings. The molecule has 0 atom stereocenters. The number of hydrogen-bond acceptors (Lipinski definition) is 4. The van der Waals surface area contributed by atoms with Crippen LogP contribution in [-0.2, 0) is 6.54 Å². The standard InChI is InChI=1S/C12H13ClN2OS/c1-7-15-10(6-14)12(17-7)9-5-8(13)3-4-11(9)16-2/h3-5H,6,14H2,1-2H3. The SMILES string of the molecule is COc1ccc(Cl)cc1-c1sc(C)nc1CN. The third kappa shape index (κ3) is 2.44. The zero-order valence-corrected chi connectivity index (χ0v) is 11.2. The highest BCUT2D eigenvalue weighted by Crippen LogP contribution is 2.37. The monoisotopic (exact) mass is 268 g/mol. The van der Waals surface area contributed by atoms with Gasteiger partial charge in [0.1, 0.15) is 5.75 Å². The van der Waals surface area contributed by atoms with Crippen molar-refractivity contribution in [1.29, 1.82) is 0 Å². The lowest BCUT2D eigenvalue weighted by Crippen LogP contribution is -1.99. The molecule has 17 heavy (non-hydrogen) atoms. The van der Waals surface area contributed by atoms with E-state index in [0.717, 1.165) is 26.9 Å². The van der Waals surface area contributed by atoms with Gasteiger partial charge in [-0.15, -0.1) is 11.3 Å². The fourth-order valence-corrected chi connectivity index (χ4v) is 2.82. The van der Waals surface area contributed by atoms with Crippen molar-refractivity contribution in [2.45, 2.75) is 13.5 Å². The molecule has 0 saturated heterocycles. The topological polar surface area (TPSA) is 48.1 Å². The average molecular weight is 269 g/mol. The van der Waals surface area contributed by atoms with Gasteiger partial charge in [0.25, 0.3) is 0 Å². The summed E-state index contributed by atoms with van der Waals surface area (Å²) in [6, 6.07) is 5.54. The van der Waals surface area contributed by atoms with Crippen LogP contribution in [0.2, 0.25) is 5.02 Å². The van der Waals surface area contributed by atoms with Crippen molar-refractivity contribution in [3.05, 3.63) is 33.9 Å². The smallest absolute Gasteiger partial charge is 0.127 e. The van der Waals surface area contributed by atoms with Crippen LogP contribution < -0.4 is 10.5 Å². The number of nitrogens with zero attached hydrogens (tertiary/aromatic N) is 1. The number of nitrogens with two attached hydrogens (primary N) is 1. The number of benzene rings is 1. The van der Waals surface area contributed by atoms with Crippen LogP contribution in [0, 0.1) is 6.92 Å². The van der Waals surface area contributed by atoms with Gasteiger partial charge in [-0.2, -0.15) is 0 Å². The van der Waals surface area contributed by atoms with Gasteiger partial charge in [0.05, 0.1) is 22.7 Å². The van der Waals surface area contributed by atoms with Gasteiger partial charge in [0.2, 0.25) is 0 Å². The number of hydrogen-bond donors (Lipinski definition) is 1. The molecular formula is C12H13ClN2OS. The summed E-state index contributed by atoms with van der Waals surface area (Å²) >= 11 is 7.62. The van der Waals surface area contributed by atoms with Gasteiger partial charge >= 0.3 is 0 Å². The van der Waals surface area contributed by atoms with Crippen LogP contribution >= 0.6 is 22.9 Å². The Morgan fingerprint density at radius 3 is 2.88 bits per heavy atom. The molecular weight excluding hydrogens is 256 g/mol. The molecule has 5 heteroatoms. The van der Waals surface area contributed by atoms with Crippen LogP contribution in [0.4, 0.5) is 0 Å². The quantitative estimate of drug-likeness (QED) is 0.930. The molecule has 0 spiro atoms. The Morgan fingerprint density at radius 2 is 2.24 bits per heavy atom. The minimum absolute atomic E-state index is 0.412. The van der Waals surface area contributed by atoms with E-state index in [4.69, 9.17) is 22.1 Å². The number of aromatic nitrogens is 1. The van der Waals surface area contributed by atoms with Crippen LogP contribution in [0.1, 0.15) is 10.7 Å². The first-order valence-electron chi connectivity index (χ1n) is 5.16. The second-order valence-electron chi connectivity index (χ2n) is 3.56. The van der Waals surface area contributed by atoms with Gasteiger partial charge in [0.15, 0.2) is 0 Å². The van der Waals surface area contributed by atoms with Crippen LogP contribution in [0.15, 0.2) is 18.2 Å². The predicted molar refractivity (Wildman–Crippen MR) is 71.7 cm³/mol. The van der Waals surface area contributed by atoms with E-state index < -0.39 is 0 Å². The first-order valence-corrected chi connectivity index (χ1v) is 6.35. The predicted octanol–water partition coefficient (Wildman–Crippen LogP) is 3.24. The van der Waals surface area contributed by atoms with Gasteiger partial charge in [-0.25, -0.2) is 4.98 Å². The molecule has 1 aromatic heterocycles. The number of thiazole rings is 1. The van der Waals surface area contributed by atoms with Gasteiger partial charge in [0, 0.05) is 17.1 Å². The summed E-state index contributed by atoms with van der Waals surface area (Å²) in [5.74, 6) is 0.785. The van der Waals surface area contributed by atoms with Crippen LogP contribution in [0.5, 0.6) is 5.75 Å². The second kappa shape index (κ2) is 5.04. The molecule has 0 unspecified atom stereocenters. The van der Waals surface area contributed by atoms with Crippen molar-refractivity contribution in [2.75, 3.05) is 7.11 Å². The molecule has 90 valence electrons. The molecule has 0 radical (unpaired) electrons. The Kier molecular flexibility index (Phi) is 3.66. The summed E-state index contributed by atoms with van der Waals surface area (Å²) in [4.78, 5) is 5.44. The maximum atomic E-state index is 6.02. The van der Waals surface area contributed by atoms with Crippen molar-refractivity contribution in [2.24, 2.45) is 5.73 Å². The van der Waals surface area contributed by atoms with E-state index in [-0.39, 0.29) is 0 Å². The number of methoxy groups -OCH3 is 1. The maximum Gasteiger partial charge on any atom is 0.127 e. The van der Waals surface area contributed by atoms with E-state index >= 15 is 0 Å². The van der Waals surface area contributed by atoms with E-state index in [1.807, 2.05) is 19.1 Å². The Labute approximate surface area is 109 Å². The van der Waals surface area contributed by atoms with Gasteiger partial charge in [-0.05, 0) is 25.1 Å². The van der Waals surface area contributed by atoms with Crippen molar-refractivity contribution >= 4 is 22.9 Å². The summed E-state index contributed by atoms with van der Waals surface area (Å²) in [7, 11) is 1.64. The number of rotatable bonds is 3. The minimum atomic E-state index is 0.412. The molecule has 0 fully saturated rings. The third-order valence-electron chi connectivity index (χ3n) is 2.40. The molecule has 3 nitrogen and oxygen atoms in total. The van der Waals surface area contributed by atoms with Gasteiger partial charge in [-0.3, -0.25) is 0 Å². The lowest BCUT2D eigenvalue weighted by atomic mass is 10.1. The van der Waals surface area contributed by atoms with Gasteiger partial charge < -0.3 is 10.5 Å². The third-order valence-corrected chi connectivity index (χ3v) is 3.69. The zero-order chi connectivity index (χ0) is 12.4. The normalized spacial score (nSPS) is 10.6. The molecule has 1 heterocycles. The Balaban J connectivity index is 2.61. The average Bonchev–Trinajstić information content (AvgIpc) is 2.70. The molecule has 2 rings (SSSR count). The molecule has 2 N–H and O–H groups in total. The highest BCUT2D eigenvalue weighted by molar-refractivity contribution is 7.15. The van der Waals surface area contributed by atoms with E-state index in [1.54, 1.807) is 24.5 Å². The Hall–Kier alpha value is -1.10. The summed E-state index contributed by atoms with van der Waals surface area (Å²) in [5, 5.41) is 1.66. The van der Waals surface area contributed by atoms with Crippen LogP contribution in [0.25, 0.3) is 10.4 Å². The van der Waals surface area contributed by atoms with Crippen molar-refractivity contribution in [1.82, 2.24) is 4.98 Å². The lowest BCUT2D eigenvalue weighted by molar-refractivity contribution is 0.416. The van der Waals surface area contributed by atoms with Crippen LogP contribution in [0.3, 0.4) is 0 Å². The first-order chi connectivity index (χ1) is 8.15. The summed E-state index contributed by atoms with van der Waals surface area (Å²) in [6.45, 7) is 2.37. The Morgan fingerprint density at radius 1 is 1.47 bits per heavy atom. The summed E-state index contributed by atoms with van der Waals surface area (Å²) < 4.78 is 5.34. The van der Waals surface area contributed by atoms with Crippen molar-refractivity contribution in [3.63, 3.8) is 0 Å². The second-order valence-corrected chi connectivity index (χ2v) is 5.20. The molecule has 0 aliphatic carbocycles. The Bertz CT molecular complexity index is 539. The number of halogens is 1. The molecule has 0 saturated carbocycles. The number of aryl methyl sites for hydroxylation is 1. The zero-order valence-electron chi connectivity index (χ0n) is 9.66. The molecule has 0 bridgehead atoms. The summed E-state index contributed by atoms with van der Waals surface area (Å²) in [5.41, 5.74) is 7.53. The minimum Gasteiger partial charge on any atom is -0.496 e. The van der Waals surface area contributed by atoms with E-state index in [1.165, 1.54) is 0 Å². The molecule has 2 aromatic rings. The first kappa shape index (κ1) is 12.4. The van der Waals surface area contributed by atoms with E-state index in [2.05, 4.69) is 4.98 Å². The van der Waals surface area contributed by atoms with E-state index in [0.29, 0.717) is 11.6 Å². The maximum absolute atomic E-state index is 6.02. The van der Waals surface area contributed by atoms with Crippen molar-refractivity contribution < 1.29 is 4.74 Å². The molecule has 1 aromatic carbocycles. The highest BCUT2D eigenvalue weighted by Gasteiger charge is 2.14. The van der Waals surface area contributed by atoms with Crippen molar-refractivity contribution in [3.8, 4) is 16.2 Å². The highest BCUT2D eigenvalue weighted by atomic mass is 35.5. The lowest BCUT2D eigenvalue weighted by Gasteiger charge is -2.08. The summed E-state index contributed by atoms with van der Waals surface area (Å²) in [6.07, 6.45) is 0. The van der Waals surface area contributed by atoms with Crippen LogP contribution in [-0.4, -0.2) is 12.1 Å². The molecule has 0 amide bonds. The largest absolute Gasteiger partial charge is 0.496 e. The molecule has 0 aliphatic heterocycles. The van der Waals surface area contributed by atoms with E-state index in [9.17, 15) is 0 Å². The van der Waals surface area contributed by atoms with Gasteiger partial charge in [-0.1, -0.05) is 11.6 Å². The number of ether oxygens (including phenoxy) is 1.